The van der Waals surface area contributed by atoms with Crippen molar-refractivity contribution in [2.45, 2.75) is 19.3 Å². The second kappa shape index (κ2) is 3.45. The molecule has 0 aromatic heterocycles. The van der Waals surface area contributed by atoms with Gasteiger partial charge in [-0.05, 0) is 42.9 Å². The van der Waals surface area contributed by atoms with Crippen LogP contribution in [0.2, 0.25) is 0 Å². The Morgan fingerprint density at radius 2 is 1.88 bits per heavy atom. The SMILES string of the molecule is O=C(O)C1=CC2C(C1)[C@@H]1C=C(C(=O)O)[C@H]2CC1. The van der Waals surface area contributed by atoms with Crippen molar-refractivity contribution in [2.75, 3.05) is 0 Å². The van der Waals surface area contributed by atoms with Crippen molar-refractivity contribution in [3.05, 3.63) is 23.3 Å². The number of fused-ring (bicyclic) bond motifs is 1. The summed E-state index contributed by atoms with van der Waals surface area (Å²) >= 11 is 0. The molecule has 4 aliphatic carbocycles. The van der Waals surface area contributed by atoms with Gasteiger partial charge in [0.15, 0.2) is 0 Å². The second-order valence-corrected chi connectivity index (χ2v) is 5.22. The molecule has 4 nitrogen and oxygen atoms in total. The van der Waals surface area contributed by atoms with Gasteiger partial charge >= 0.3 is 11.9 Å². The maximum atomic E-state index is 11.1. The van der Waals surface area contributed by atoms with E-state index in [2.05, 4.69) is 0 Å². The number of aliphatic carboxylic acids is 2. The minimum Gasteiger partial charge on any atom is -0.478 e. The zero-order valence-electron chi connectivity index (χ0n) is 9.30. The Bertz CT molecular complexity index is 460. The highest BCUT2D eigenvalue weighted by molar-refractivity contribution is 5.89. The molecule has 2 bridgehead atoms. The van der Waals surface area contributed by atoms with Gasteiger partial charge in [0.2, 0.25) is 0 Å². The molecule has 0 amide bonds. The van der Waals surface area contributed by atoms with E-state index < -0.39 is 11.9 Å². The summed E-state index contributed by atoms with van der Waals surface area (Å²) in [6.45, 7) is 0. The Labute approximate surface area is 98.6 Å². The van der Waals surface area contributed by atoms with Crippen molar-refractivity contribution in [1.29, 1.82) is 0 Å². The maximum absolute atomic E-state index is 11.1. The predicted molar refractivity (Wildman–Crippen MR) is 59.2 cm³/mol. The highest BCUT2D eigenvalue weighted by Crippen LogP contribution is 2.54. The Balaban J connectivity index is 1.96. The van der Waals surface area contributed by atoms with Gasteiger partial charge in [0.1, 0.15) is 0 Å². The molecule has 0 radical (unpaired) electrons. The van der Waals surface area contributed by atoms with Gasteiger partial charge in [-0.25, -0.2) is 9.59 Å². The summed E-state index contributed by atoms with van der Waals surface area (Å²) in [5.74, 6) is -0.951. The minimum absolute atomic E-state index is 0.0272. The molecule has 90 valence electrons. The first-order valence-electron chi connectivity index (χ1n) is 5.97. The normalized spacial score (nSPS) is 38.4. The molecule has 1 saturated carbocycles. The standard InChI is InChI=1S/C13H14O4/c14-12(15)7-4-9-6-1-2-8(10(9)5-7)11(3-6)13(16)17/h3,5-6,8-10H,1-2,4H2,(H,14,15)(H,16,17)/t6-,8-,9?,10?/m0/s1. The number of carbonyl (C=O) groups is 2. The topological polar surface area (TPSA) is 74.6 Å². The second-order valence-electron chi connectivity index (χ2n) is 5.22. The molecule has 4 rings (SSSR count). The lowest BCUT2D eigenvalue weighted by atomic mass is 9.60. The van der Waals surface area contributed by atoms with E-state index in [1.165, 1.54) is 0 Å². The highest BCUT2D eigenvalue weighted by atomic mass is 16.4. The molecule has 0 aliphatic heterocycles. The molecule has 0 heterocycles. The average Bonchev–Trinajstić information content (AvgIpc) is 2.75. The highest BCUT2D eigenvalue weighted by Gasteiger charge is 2.48. The molecule has 0 aromatic rings. The molecule has 2 N–H and O–H groups in total. The molecule has 4 heteroatoms. The van der Waals surface area contributed by atoms with Crippen molar-refractivity contribution < 1.29 is 19.8 Å². The number of allylic oxidation sites excluding steroid dienone is 2. The minimum atomic E-state index is -0.851. The zero-order valence-corrected chi connectivity index (χ0v) is 9.30. The summed E-state index contributed by atoms with van der Waals surface area (Å²) in [6.07, 6.45) is 6.16. The van der Waals surface area contributed by atoms with Crippen LogP contribution in [0.4, 0.5) is 0 Å². The third kappa shape index (κ3) is 1.43. The summed E-state index contributed by atoms with van der Waals surface area (Å²) in [5, 5.41) is 18.2. The quantitative estimate of drug-likeness (QED) is 0.762. The van der Waals surface area contributed by atoms with Crippen LogP contribution >= 0.6 is 0 Å². The van der Waals surface area contributed by atoms with Crippen LogP contribution in [-0.4, -0.2) is 22.2 Å². The van der Waals surface area contributed by atoms with Crippen LogP contribution in [0, 0.1) is 23.7 Å². The van der Waals surface area contributed by atoms with Crippen molar-refractivity contribution in [3.63, 3.8) is 0 Å². The number of carboxylic acid groups (broad SMARTS) is 2. The molecule has 4 aliphatic rings. The largest absolute Gasteiger partial charge is 0.478 e. The Kier molecular flexibility index (Phi) is 2.15. The molecular formula is C13H14O4. The third-order valence-electron chi connectivity index (χ3n) is 4.48. The maximum Gasteiger partial charge on any atom is 0.331 e. The van der Waals surface area contributed by atoms with Gasteiger partial charge in [-0.1, -0.05) is 12.2 Å². The van der Waals surface area contributed by atoms with E-state index in [9.17, 15) is 9.59 Å². The lowest BCUT2D eigenvalue weighted by Gasteiger charge is -2.43. The van der Waals surface area contributed by atoms with E-state index in [0.29, 0.717) is 23.5 Å². The Hall–Kier alpha value is -1.58. The lowest BCUT2D eigenvalue weighted by molar-refractivity contribution is -0.134. The van der Waals surface area contributed by atoms with Crippen LogP contribution in [0.25, 0.3) is 0 Å². The fourth-order valence-electron chi connectivity index (χ4n) is 3.76. The zero-order chi connectivity index (χ0) is 12.2. The first kappa shape index (κ1) is 10.6. The molecule has 4 atom stereocenters. The van der Waals surface area contributed by atoms with Crippen molar-refractivity contribution in [3.8, 4) is 0 Å². The molecule has 0 saturated heterocycles. The molecule has 1 fully saturated rings. The predicted octanol–water partition coefficient (Wildman–Crippen LogP) is 1.68. The van der Waals surface area contributed by atoms with Gasteiger partial charge in [0.25, 0.3) is 0 Å². The molecular weight excluding hydrogens is 220 g/mol. The van der Waals surface area contributed by atoms with Crippen LogP contribution in [0.1, 0.15) is 19.3 Å². The van der Waals surface area contributed by atoms with Crippen LogP contribution in [-0.2, 0) is 9.59 Å². The summed E-state index contributed by atoms with van der Waals surface area (Å²) < 4.78 is 0. The van der Waals surface area contributed by atoms with E-state index in [0.717, 1.165) is 12.8 Å². The number of carboxylic acids is 2. The van der Waals surface area contributed by atoms with Crippen LogP contribution in [0.5, 0.6) is 0 Å². The van der Waals surface area contributed by atoms with Crippen LogP contribution in [0.15, 0.2) is 23.3 Å². The van der Waals surface area contributed by atoms with E-state index in [4.69, 9.17) is 10.2 Å². The van der Waals surface area contributed by atoms with Gasteiger partial charge in [0.05, 0.1) is 0 Å². The van der Waals surface area contributed by atoms with E-state index in [1.807, 2.05) is 6.08 Å². The first-order chi connectivity index (χ1) is 8.08. The Morgan fingerprint density at radius 1 is 1.12 bits per heavy atom. The van der Waals surface area contributed by atoms with Crippen molar-refractivity contribution in [2.24, 2.45) is 23.7 Å². The van der Waals surface area contributed by atoms with Crippen molar-refractivity contribution in [1.82, 2.24) is 0 Å². The Morgan fingerprint density at radius 3 is 2.53 bits per heavy atom. The molecule has 0 aromatic carbocycles. The summed E-state index contributed by atoms with van der Waals surface area (Å²) in [5.41, 5.74) is 0.974. The average molecular weight is 234 g/mol. The fourth-order valence-corrected chi connectivity index (χ4v) is 3.76. The van der Waals surface area contributed by atoms with Crippen molar-refractivity contribution >= 4 is 11.9 Å². The third-order valence-corrected chi connectivity index (χ3v) is 4.48. The fraction of sp³-hybridized carbons (Fsp3) is 0.538. The smallest absolute Gasteiger partial charge is 0.331 e. The van der Waals surface area contributed by atoms with E-state index in [-0.39, 0.29) is 17.8 Å². The van der Waals surface area contributed by atoms with Gasteiger partial charge in [-0.3, -0.25) is 0 Å². The van der Waals surface area contributed by atoms with Gasteiger partial charge < -0.3 is 10.2 Å². The van der Waals surface area contributed by atoms with Crippen LogP contribution < -0.4 is 0 Å². The molecule has 17 heavy (non-hydrogen) atoms. The summed E-state index contributed by atoms with van der Waals surface area (Å²) in [7, 11) is 0. The van der Waals surface area contributed by atoms with Gasteiger partial charge in [-0.2, -0.15) is 0 Å². The van der Waals surface area contributed by atoms with Gasteiger partial charge in [0, 0.05) is 11.1 Å². The monoisotopic (exact) mass is 234 g/mol. The number of hydrogen-bond acceptors (Lipinski definition) is 2. The lowest BCUT2D eigenvalue weighted by Crippen LogP contribution is -2.38. The van der Waals surface area contributed by atoms with E-state index in [1.54, 1.807) is 6.08 Å². The summed E-state index contributed by atoms with van der Waals surface area (Å²) in [6, 6.07) is 0. The van der Waals surface area contributed by atoms with Crippen LogP contribution in [0.3, 0.4) is 0 Å². The molecule has 2 unspecified atom stereocenters. The number of rotatable bonds is 2. The summed E-state index contributed by atoms with van der Waals surface area (Å²) in [4.78, 5) is 22.1. The van der Waals surface area contributed by atoms with Gasteiger partial charge in [-0.15, -0.1) is 0 Å². The van der Waals surface area contributed by atoms with E-state index >= 15 is 0 Å². The molecule has 0 spiro atoms. The number of hydrogen-bond donors (Lipinski definition) is 2. The first-order valence-corrected chi connectivity index (χ1v) is 5.97.